The third kappa shape index (κ3) is 1.69. The number of oxazole rings is 1. The van der Waals surface area contributed by atoms with E-state index in [0.717, 1.165) is 0 Å². The third-order valence-electron chi connectivity index (χ3n) is 1.88. The lowest BCUT2D eigenvalue weighted by atomic mass is 10.2. The van der Waals surface area contributed by atoms with Crippen LogP contribution in [0.4, 0.5) is 0 Å². The molecular weight excluding hydrogens is 164 g/mol. The van der Waals surface area contributed by atoms with Crippen molar-refractivity contribution in [2.24, 2.45) is 0 Å². The van der Waals surface area contributed by atoms with Crippen LogP contribution in [0.5, 0.6) is 0 Å². The van der Waals surface area contributed by atoms with E-state index >= 15 is 0 Å². The zero-order valence-electron chi connectivity index (χ0n) is 7.10. The molecule has 3 nitrogen and oxygen atoms in total. The number of hydrogen-bond acceptors (Lipinski definition) is 2. The Hall–Kier alpha value is -1.77. The Kier molecular flexibility index (Phi) is 2.00. The Morgan fingerprint density at radius 3 is 2.62 bits per heavy atom. The monoisotopic (exact) mass is 174 g/mol. The summed E-state index contributed by atoms with van der Waals surface area (Å²) in [5.74, 6) is 0. The van der Waals surface area contributed by atoms with E-state index in [9.17, 15) is 0 Å². The quantitative estimate of drug-likeness (QED) is 0.738. The van der Waals surface area contributed by atoms with Gasteiger partial charge in [-0.3, -0.25) is 9.98 Å². The summed E-state index contributed by atoms with van der Waals surface area (Å²) in [7, 11) is 0. The van der Waals surface area contributed by atoms with Crippen LogP contribution in [-0.2, 0) is 6.54 Å². The average molecular weight is 174 g/mol. The van der Waals surface area contributed by atoms with Crippen LogP contribution in [-0.4, -0.2) is 4.57 Å². The minimum absolute atomic E-state index is 0.184. The van der Waals surface area contributed by atoms with Gasteiger partial charge in [-0.15, -0.1) is 0 Å². The van der Waals surface area contributed by atoms with E-state index in [2.05, 4.69) is 0 Å². The molecule has 0 atom stereocenters. The highest BCUT2D eigenvalue weighted by Gasteiger charge is 1.95. The second-order valence-corrected chi connectivity index (χ2v) is 2.82. The van der Waals surface area contributed by atoms with Gasteiger partial charge < -0.3 is 4.42 Å². The zero-order chi connectivity index (χ0) is 9.10. The van der Waals surface area contributed by atoms with Gasteiger partial charge in [0.25, 0.3) is 5.68 Å². The topological polar surface area (TPSA) is 41.9 Å². The van der Waals surface area contributed by atoms with Gasteiger partial charge in [-0.2, -0.15) is 0 Å². The Balaban J connectivity index is 2.25. The van der Waals surface area contributed by atoms with E-state index in [4.69, 9.17) is 9.83 Å². The van der Waals surface area contributed by atoms with Crippen molar-refractivity contribution in [2.45, 2.75) is 6.54 Å². The molecule has 0 aliphatic carbocycles. The van der Waals surface area contributed by atoms with Crippen LogP contribution in [0, 0.1) is 5.41 Å². The first-order chi connectivity index (χ1) is 6.36. The molecule has 2 aromatic rings. The number of rotatable bonds is 2. The van der Waals surface area contributed by atoms with Gasteiger partial charge >= 0.3 is 0 Å². The molecule has 0 radical (unpaired) electrons. The van der Waals surface area contributed by atoms with Gasteiger partial charge in [-0.05, 0) is 5.56 Å². The summed E-state index contributed by atoms with van der Waals surface area (Å²) in [6.45, 7) is 0.691. The van der Waals surface area contributed by atoms with Crippen LogP contribution in [0.1, 0.15) is 5.56 Å². The second kappa shape index (κ2) is 3.31. The number of nitrogens with zero attached hydrogens (tertiary/aromatic N) is 1. The average Bonchev–Trinajstić information content (AvgIpc) is 2.54. The van der Waals surface area contributed by atoms with E-state index in [-0.39, 0.29) is 5.68 Å². The van der Waals surface area contributed by atoms with Gasteiger partial charge in [-0.25, -0.2) is 0 Å². The lowest BCUT2D eigenvalue weighted by molar-refractivity contribution is 0.458. The Bertz CT molecular complexity index is 427. The largest absolute Gasteiger partial charge is 0.432 e. The van der Waals surface area contributed by atoms with Crippen LogP contribution in [0.25, 0.3) is 0 Å². The van der Waals surface area contributed by atoms with Gasteiger partial charge in [0.1, 0.15) is 6.26 Å². The molecule has 13 heavy (non-hydrogen) atoms. The molecular formula is C10H10N2O. The van der Waals surface area contributed by atoms with Crippen LogP contribution >= 0.6 is 0 Å². The SMILES string of the molecule is N=c1occn1Cc1ccccc1. The molecule has 3 heteroatoms. The molecule has 0 saturated carbocycles. The Labute approximate surface area is 75.8 Å². The molecule has 66 valence electrons. The van der Waals surface area contributed by atoms with Crippen molar-refractivity contribution < 1.29 is 4.42 Å². The third-order valence-corrected chi connectivity index (χ3v) is 1.88. The fourth-order valence-corrected chi connectivity index (χ4v) is 1.21. The molecule has 0 bridgehead atoms. The van der Waals surface area contributed by atoms with Crippen LogP contribution < -0.4 is 5.68 Å². The lowest BCUT2D eigenvalue weighted by Crippen LogP contribution is -2.14. The van der Waals surface area contributed by atoms with Crippen molar-refractivity contribution in [3.63, 3.8) is 0 Å². The maximum atomic E-state index is 7.40. The minimum atomic E-state index is 0.184. The van der Waals surface area contributed by atoms with Gasteiger partial charge in [-0.1, -0.05) is 30.3 Å². The number of aromatic nitrogens is 1. The van der Waals surface area contributed by atoms with Crippen LogP contribution in [0.15, 0.2) is 47.2 Å². The molecule has 0 saturated heterocycles. The highest BCUT2D eigenvalue weighted by Crippen LogP contribution is 1.99. The summed E-state index contributed by atoms with van der Waals surface area (Å²) >= 11 is 0. The van der Waals surface area contributed by atoms with Crippen LogP contribution in [0.2, 0.25) is 0 Å². The molecule has 0 spiro atoms. The molecule has 1 aromatic carbocycles. The van der Waals surface area contributed by atoms with E-state index in [1.165, 1.54) is 11.8 Å². The Morgan fingerprint density at radius 2 is 2.00 bits per heavy atom. The fourth-order valence-electron chi connectivity index (χ4n) is 1.21. The van der Waals surface area contributed by atoms with Crippen molar-refractivity contribution in [1.29, 1.82) is 5.41 Å². The van der Waals surface area contributed by atoms with Crippen molar-refractivity contribution in [3.05, 3.63) is 54.0 Å². The summed E-state index contributed by atoms with van der Waals surface area (Å²) in [5.41, 5.74) is 1.35. The maximum absolute atomic E-state index is 7.40. The normalized spacial score (nSPS) is 10.2. The van der Waals surface area contributed by atoms with Gasteiger partial charge in [0.05, 0.1) is 6.54 Å². The number of benzene rings is 1. The molecule has 2 rings (SSSR count). The van der Waals surface area contributed by atoms with E-state index in [1.807, 2.05) is 30.3 Å². The molecule has 1 N–H and O–H groups in total. The first-order valence-electron chi connectivity index (χ1n) is 4.09. The van der Waals surface area contributed by atoms with E-state index in [0.29, 0.717) is 6.54 Å². The summed E-state index contributed by atoms with van der Waals surface area (Å²) in [5, 5.41) is 7.40. The molecule has 0 aliphatic heterocycles. The molecule has 1 heterocycles. The maximum Gasteiger partial charge on any atom is 0.293 e. The van der Waals surface area contributed by atoms with Crippen molar-refractivity contribution >= 4 is 0 Å². The first-order valence-corrected chi connectivity index (χ1v) is 4.09. The summed E-state index contributed by atoms with van der Waals surface area (Å²) < 4.78 is 6.61. The summed E-state index contributed by atoms with van der Waals surface area (Å²) in [4.78, 5) is 0. The van der Waals surface area contributed by atoms with E-state index < -0.39 is 0 Å². The standard InChI is InChI=1S/C10H10N2O/c11-10-12(6-7-13-10)8-9-4-2-1-3-5-9/h1-7,11H,8H2. The smallest absolute Gasteiger partial charge is 0.293 e. The second-order valence-electron chi connectivity index (χ2n) is 2.82. The number of nitrogens with one attached hydrogen (secondary N) is 1. The summed E-state index contributed by atoms with van der Waals surface area (Å²) in [6, 6.07) is 10.0. The van der Waals surface area contributed by atoms with Crippen molar-refractivity contribution in [3.8, 4) is 0 Å². The van der Waals surface area contributed by atoms with Crippen LogP contribution in [0.3, 0.4) is 0 Å². The highest BCUT2D eigenvalue weighted by molar-refractivity contribution is 5.14. The summed E-state index contributed by atoms with van der Waals surface area (Å²) in [6.07, 6.45) is 3.28. The van der Waals surface area contributed by atoms with Crippen molar-refractivity contribution in [1.82, 2.24) is 4.57 Å². The Morgan fingerprint density at radius 1 is 1.23 bits per heavy atom. The number of hydrogen-bond donors (Lipinski definition) is 1. The molecule has 0 fully saturated rings. The van der Waals surface area contributed by atoms with Gasteiger partial charge in [0, 0.05) is 6.20 Å². The van der Waals surface area contributed by atoms with Crippen molar-refractivity contribution in [2.75, 3.05) is 0 Å². The molecule has 0 unspecified atom stereocenters. The first kappa shape index (κ1) is 7.86. The van der Waals surface area contributed by atoms with Gasteiger partial charge in [0.2, 0.25) is 0 Å². The predicted molar refractivity (Wildman–Crippen MR) is 48.1 cm³/mol. The molecule has 0 aliphatic rings. The van der Waals surface area contributed by atoms with E-state index in [1.54, 1.807) is 10.8 Å². The molecule has 1 aromatic heterocycles. The zero-order valence-corrected chi connectivity index (χ0v) is 7.10. The minimum Gasteiger partial charge on any atom is -0.432 e. The lowest BCUT2D eigenvalue weighted by Gasteiger charge is -1.99. The fraction of sp³-hybridized carbons (Fsp3) is 0.100. The predicted octanol–water partition coefficient (Wildman–Crippen LogP) is 1.61. The highest BCUT2D eigenvalue weighted by atomic mass is 16.3. The molecule has 0 amide bonds. The van der Waals surface area contributed by atoms with Gasteiger partial charge in [0.15, 0.2) is 0 Å².